The van der Waals surface area contributed by atoms with Crippen molar-refractivity contribution in [3.05, 3.63) is 47.0 Å². The van der Waals surface area contributed by atoms with Gasteiger partial charge in [-0.1, -0.05) is 28.1 Å². The summed E-state index contributed by atoms with van der Waals surface area (Å²) in [5, 5.41) is 12.5. The summed E-state index contributed by atoms with van der Waals surface area (Å²) in [6.45, 7) is 7.81. The van der Waals surface area contributed by atoms with Gasteiger partial charge < -0.3 is 34.6 Å². The Morgan fingerprint density at radius 2 is 1.82 bits per heavy atom. The number of allylic oxidation sites excluding steroid dienone is 1. The van der Waals surface area contributed by atoms with E-state index in [-0.39, 0.29) is 56.8 Å². The second-order valence-corrected chi connectivity index (χ2v) is 12.6. The molecule has 238 valence electrons. The van der Waals surface area contributed by atoms with Crippen LogP contribution in [0, 0.1) is 11.8 Å². The van der Waals surface area contributed by atoms with Crippen molar-refractivity contribution in [1.82, 2.24) is 10.2 Å². The summed E-state index contributed by atoms with van der Waals surface area (Å²) in [6.07, 6.45) is 5.03. The van der Waals surface area contributed by atoms with Crippen molar-refractivity contribution >= 4 is 51.0 Å². The third-order valence-corrected chi connectivity index (χ3v) is 9.62. The lowest BCUT2D eigenvalue weighted by molar-refractivity contribution is -0.158. The van der Waals surface area contributed by atoms with Gasteiger partial charge >= 0.3 is 5.97 Å². The van der Waals surface area contributed by atoms with Gasteiger partial charge in [-0.25, -0.2) is 0 Å². The van der Waals surface area contributed by atoms with Gasteiger partial charge in [0.1, 0.15) is 29.8 Å². The van der Waals surface area contributed by atoms with Crippen LogP contribution in [-0.2, 0) is 28.7 Å². The topological polar surface area (TPSA) is 129 Å². The minimum absolute atomic E-state index is 0.123. The fourth-order valence-electron chi connectivity index (χ4n) is 6.83. The van der Waals surface area contributed by atoms with Crippen LogP contribution in [0.1, 0.15) is 40.0 Å². The molecule has 6 atom stereocenters. The lowest BCUT2D eigenvalue weighted by Gasteiger charge is -2.36. The van der Waals surface area contributed by atoms with Gasteiger partial charge in [-0.2, -0.15) is 0 Å². The number of rotatable bonds is 7. The van der Waals surface area contributed by atoms with Crippen LogP contribution < -0.4 is 15.1 Å². The fraction of sp³-hybridized carbons (Fsp3) is 0.562. The number of halogens is 1. The standard InChI is InChI=1S/C32H41BrN4O7/c1-4-35(5-2)21-11-13-22(14-12-21)36-15-8-6-7-10-24(39)34-19-20(3)43-31(42)25-26-29(40)37(16-9-17-38)28(30(36)41)32(26)18-23(33)27(25)44-32/h6,8,11-14,18,20,25-28,38H,4-5,7,9-10,15-17,19H2,1-3H3,(H,34,39)/b8-6-/t20-,25+,26-,27+,28+,32-/m1/s1. The number of hydrogen-bond acceptors (Lipinski definition) is 8. The Labute approximate surface area is 266 Å². The van der Waals surface area contributed by atoms with E-state index in [4.69, 9.17) is 9.47 Å². The monoisotopic (exact) mass is 672 g/mol. The van der Waals surface area contributed by atoms with Gasteiger partial charge in [0.25, 0.3) is 5.91 Å². The number of nitrogens with one attached hydrogen (secondary N) is 1. The van der Waals surface area contributed by atoms with Crippen LogP contribution in [0.15, 0.2) is 47.0 Å². The Balaban J connectivity index is 1.59. The van der Waals surface area contributed by atoms with Crippen molar-refractivity contribution in [1.29, 1.82) is 0 Å². The summed E-state index contributed by atoms with van der Waals surface area (Å²) in [5.41, 5.74) is 0.268. The molecule has 4 aliphatic rings. The molecule has 11 nitrogen and oxygen atoms in total. The number of cyclic esters (lactones) is 1. The lowest BCUT2D eigenvalue weighted by atomic mass is 9.74. The van der Waals surface area contributed by atoms with Crippen molar-refractivity contribution < 1.29 is 33.8 Å². The zero-order chi connectivity index (χ0) is 31.6. The van der Waals surface area contributed by atoms with Gasteiger partial charge in [0.2, 0.25) is 11.8 Å². The van der Waals surface area contributed by atoms with E-state index in [1.807, 2.05) is 36.4 Å². The summed E-state index contributed by atoms with van der Waals surface area (Å²) in [7, 11) is 0. The van der Waals surface area contributed by atoms with E-state index in [1.165, 1.54) is 4.90 Å². The SMILES string of the molecule is CCN(CC)c1ccc(N2C/C=C\CCC(=O)NC[C@@H](C)OC(=O)[C@@H]3[C@H]4O[C@@]5(C=C4Br)[C@H](C2=O)N(CCCO)C(=O)[C@@H]35)cc1. The number of amides is 3. The molecule has 5 rings (SSSR count). The molecule has 0 saturated carbocycles. The molecule has 3 amide bonds. The normalized spacial score (nSPS) is 31.5. The Morgan fingerprint density at radius 3 is 2.50 bits per heavy atom. The molecule has 2 N–H and O–H groups in total. The van der Waals surface area contributed by atoms with Crippen molar-refractivity contribution in [2.75, 3.05) is 49.1 Å². The number of likely N-dealkylation sites (tertiary alicyclic amines) is 1. The van der Waals surface area contributed by atoms with Gasteiger partial charge in [-0.15, -0.1) is 0 Å². The van der Waals surface area contributed by atoms with Crippen LogP contribution in [-0.4, -0.2) is 96.9 Å². The summed E-state index contributed by atoms with van der Waals surface area (Å²) in [6, 6.07) is 6.64. The third-order valence-electron chi connectivity index (χ3n) is 8.94. The average Bonchev–Trinajstić information content (AvgIpc) is 3.60. The van der Waals surface area contributed by atoms with E-state index in [9.17, 15) is 24.3 Å². The van der Waals surface area contributed by atoms with Crippen LogP contribution in [0.25, 0.3) is 0 Å². The maximum Gasteiger partial charge on any atom is 0.313 e. The predicted octanol–water partition coefficient (Wildman–Crippen LogP) is 2.52. The molecule has 0 aromatic heterocycles. The maximum atomic E-state index is 14.8. The third kappa shape index (κ3) is 5.79. The maximum absolute atomic E-state index is 14.8. The van der Waals surface area contributed by atoms with Crippen molar-refractivity contribution in [3.8, 4) is 0 Å². The summed E-state index contributed by atoms with van der Waals surface area (Å²) < 4.78 is 12.8. The van der Waals surface area contributed by atoms with Crippen molar-refractivity contribution in [3.63, 3.8) is 0 Å². The quantitative estimate of drug-likeness (QED) is 0.334. The first-order valence-electron chi connectivity index (χ1n) is 15.4. The largest absolute Gasteiger partial charge is 0.460 e. The molecule has 5 bridgehead atoms. The minimum atomic E-state index is -1.40. The van der Waals surface area contributed by atoms with E-state index in [0.29, 0.717) is 16.6 Å². The molecule has 0 radical (unpaired) electrons. The van der Waals surface area contributed by atoms with Gasteiger partial charge in [-0.3, -0.25) is 19.2 Å². The zero-order valence-electron chi connectivity index (χ0n) is 25.4. The number of aliphatic hydroxyl groups excluding tert-OH is 1. The first kappa shape index (κ1) is 32.2. The van der Waals surface area contributed by atoms with Crippen molar-refractivity contribution in [2.45, 2.75) is 63.9 Å². The fourth-order valence-corrected chi connectivity index (χ4v) is 7.56. The van der Waals surface area contributed by atoms with Gasteiger partial charge in [0, 0.05) is 55.1 Å². The number of ether oxygens (including phenoxy) is 2. The number of anilines is 2. The van der Waals surface area contributed by atoms with Crippen LogP contribution in [0.4, 0.5) is 11.4 Å². The molecule has 12 heteroatoms. The Hall–Kier alpha value is -3.22. The smallest absolute Gasteiger partial charge is 0.313 e. The number of carbonyl (C=O) groups is 4. The molecule has 4 heterocycles. The molecule has 2 fully saturated rings. The molecule has 1 aromatic rings. The summed E-state index contributed by atoms with van der Waals surface area (Å²) in [4.78, 5) is 60.3. The molecule has 1 spiro atoms. The highest BCUT2D eigenvalue weighted by Crippen LogP contribution is 2.59. The first-order valence-corrected chi connectivity index (χ1v) is 16.2. The molecule has 0 aliphatic carbocycles. The van der Waals surface area contributed by atoms with Crippen LogP contribution in [0.3, 0.4) is 0 Å². The van der Waals surface area contributed by atoms with E-state index in [0.717, 1.165) is 18.8 Å². The Kier molecular flexibility index (Phi) is 9.81. The van der Waals surface area contributed by atoms with Crippen molar-refractivity contribution in [2.24, 2.45) is 11.8 Å². The number of nitrogens with zero attached hydrogens (tertiary/aromatic N) is 3. The predicted molar refractivity (Wildman–Crippen MR) is 168 cm³/mol. The molecule has 44 heavy (non-hydrogen) atoms. The van der Waals surface area contributed by atoms with E-state index in [1.54, 1.807) is 17.9 Å². The highest BCUT2D eigenvalue weighted by atomic mass is 79.9. The second kappa shape index (κ2) is 13.4. The minimum Gasteiger partial charge on any atom is -0.460 e. The first-order chi connectivity index (χ1) is 21.2. The molecule has 0 unspecified atom stereocenters. The van der Waals surface area contributed by atoms with Crippen LogP contribution >= 0.6 is 15.9 Å². The number of benzene rings is 1. The number of fused-ring (bicyclic) bond motifs is 2. The van der Waals surface area contributed by atoms with Gasteiger partial charge in [0.15, 0.2) is 0 Å². The number of aliphatic hydroxyl groups is 1. The van der Waals surface area contributed by atoms with Crippen LogP contribution in [0.5, 0.6) is 0 Å². The zero-order valence-corrected chi connectivity index (χ0v) is 27.0. The van der Waals surface area contributed by atoms with Crippen LogP contribution in [0.2, 0.25) is 0 Å². The highest BCUT2D eigenvalue weighted by molar-refractivity contribution is 9.11. The highest BCUT2D eigenvalue weighted by Gasteiger charge is 2.74. The summed E-state index contributed by atoms with van der Waals surface area (Å²) in [5.74, 6) is -3.50. The summed E-state index contributed by atoms with van der Waals surface area (Å²) >= 11 is 3.55. The molecule has 4 aliphatic heterocycles. The Morgan fingerprint density at radius 1 is 1.09 bits per heavy atom. The molecule has 1 aromatic carbocycles. The Bertz CT molecular complexity index is 1330. The molecular weight excluding hydrogens is 632 g/mol. The van der Waals surface area contributed by atoms with Gasteiger partial charge in [0.05, 0.1) is 12.5 Å². The van der Waals surface area contributed by atoms with Gasteiger partial charge in [-0.05, 0) is 64.0 Å². The molecule has 2 saturated heterocycles. The second-order valence-electron chi connectivity index (χ2n) is 11.6. The van der Waals surface area contributed by atoms with E-state index in [2.05, 4.69) is 40.0 Å². The molecular formula is C32H41BrN4O7. The number of carbonyl (C=O) groups excluding carboxylic acids is 4. The average molecular weight is 674 g/mol. The number of esters is 1. The van der Waals surface area contributed by atoms with E-state index >= 15 is 0 Å². The van der Waals surface area contributed by atoms with E-state index < -0.39 is 41.7 Å². The lowest BCUT2D eigenvalue weighted by Crippen LogP contribution is -2.56. The number of hydrogen-bond donors (Lipinski definition) is 2.